The summed E-state index contributed by atoms with van der Waals surface area (Å²) in [4.78, 5) is 10.00. The normalized spacial score (nSPS) is 15.4. The van der Waals surface area contributed by atoms with Crippen molar-refractivity contribution in [2.45, 2.75) is 4.90 Å². The highest BCUT2D eigenvalue weighted by atomic mass is 32.2. The maximum Gasteiger partial charge on any atom is 0.433 e. The number of nitrogens with zero attached hydrogens (tertiary/aromatic N) is 4. The topological polar surface area (TPSA) is 118 Å². The van der Waals surface area contributed by atoms with Gasteiger partial charge in [0, 0.05) is 12.6 Å². The van der Waals surface area contributed by atoms with Gasteiger partial charge in [0.05, 0.1) is 12.3 Å². The Morgan fingerprint density at radius 3 is 2.74 bits per heavy atom. The molecule has 23 heavy (non-hydrogen) atoms. The molecule has 1 aromatic heterocycles. The van der Waals surface area contributed by atoms with Crippen LogP contribution in [0.4, 0.5) is 5.88 Å². The summed E-state index contributed by atoms with van der Waals surface area (Å²) in [5.74, 6) is -0.0728. The van der Waals surface area contributed by atoms with Crippen LogP contribution in [0.2, 0.25) is 0 Å². The molecule has 9 nitrogen and oxygen atoms in total. The quantitative estimate of drug-likeness (QED) is 0.478. The lowest BCUT2D eigenvalue weighted by molar-refractivity contribution is -0.402. The van der Waals surface area contributed by atoms with Crippen molar-refractivity contribution in [3.8, 4) is 0 Å². The van der Waals surface area contributed by atoms with Crippen molar-refractivity contribution in [2.75, 3.05) is 7.05 Å². The van der Waals surface area contributed by atoms with Crippen LogP contribution in [0, 0.1) is 10.1 Å². The van der Waals surface area contributed by atoms with Crippen LogP contribution in [0.3, 0.4) is 0 Å². The second kappa shape index (κ2) is 5.32. The second-order valence-electron chi connectivity index (χ2n) is 4.59. The molecule has 0 fully saturated rings. The molecule has 0 amide bonds. The minimum atomic E-state index is -3.73. The van der Waals surface area contributed by atoms with Gasteiger partial charge < -0.3 is 4.42 Å². The summed E-state index contributed by atoms with van der Waals surface area (Å²) in [6.45, 7) is 0. The standard InChI is InChI=1S/C13H10N4O5S/c1-16(14-8-9-6-7-12(22-9)17(18)19)13-10-4-2-3-5-11(10)23(20,21)15-13/h2-8H,1H3/b14-8+. The Kier molecular flexibility index (Phi) is 3.45. The fourth-order valence-corrected chi connectivity index (χ4v) is 3.26. The number of hydrogen-bond acceptors (Lipinski definition) is 7. The van der Waals surface area contributed by atoms with E-state index in [1.807, 2.05) is 0 Å². The predicted octanol–water partition coefficient (Wildman–Crippen LogP) is 1.60. The zero-order valence-corrected chi connectivity index (χ0v) is 12.6. The number of hydrazone groups is 1. The Labute approximate surface area is 130 Å². The summed E-state index contributed by atoms with van der Waals surface area (Å²) in [7, 11) is -2.21. The molecule has 0 atom stereocenters. The summed E-state index contributed by atoms with van der Waals surface area (Å²) in [5, 5.41) is 15.8. The first-order chi connectivity index (χ1) is 10.9. The molecule has 0 N–H and O–H groups in total. The van der Waals surface area contributed by atoms with Gasteiger partial charge >= 0.3 is 5.88 Å². The van der Waals surface area contributed by atoms with Crippen molar-refractivity contribution < 1.29 is 17.8 Å². The van der Waals surface area contributed by atoms with Gasteiger partial charge in [-0.25, -0.2) is 5.01 Å². The van der Waals surface area contributed by atoms with Crippen LogP contribution in [0.15, 0.2) is 55.2 Å². The molecule has 0 bridgehead atoms. The second-order valence-corrected chi connectivity index (χ2v) is 6.16. The summed E-state index contributed by atoms with van der Waals surface area (Å²) >= 11 is 0. The van der Waals surface area contributed by atoms with E-state index in [1.165, 1.54) is 36.5 Å². The maximum atomic E-state index is 12.0. The minimum Gasteiger partial charge on any atom is -0.400 e. The number of hydrogen-bond donors (Lipinski definition) is 0. The summed E-state index contributed by atoms with van der Waals surface area (Å²) < 4.78 is 32.6. The fraction of sp³-hybridized carbons (Fsp3) is 0.0769. The van der Waals surface area contributed by atoms with Gasteiger partial charge in [-0.3, -0.25) is 10.1 Å². The largest absolute Gasteiger partial charge is 0.433 e. The van der Waals surface area contributed by atoms with Gasteiger partial charge in [-0.05, 0) is 18.2 Å². The molecule has 3 rings (SSSR count). The van der Waals surface area contributed by atoms with Crippen LogP contribution in [0.1, 0.15) is 11.3 Å². The molecular formula is C13H10N4O5S. The molecule has 1 aromatic carbocycles. The number of nitro groups is 1. The van der Waals surface area contributed by atoms with E-state index in [0.29, 0.717) is 5.56 Å². The van der Waals surface area contributed by atoms with E-state index in [-0.39, 0.29) is 16.5 Å². The van der Waals surface area contributed by atoms with Gasteiger partial charge in [0.15, 0.2) is 11.6 Å². The van der Waals surface area contributed by atoms with Gasteiger partial charge in [0.2, 0.25) is 0 Å². The van der Waals surface area contributed by atoms with Gasteiger partial charge in [-0.1, -0.05) is 12.1 Å². The minimum absolute atomic E-state index is 0.116. The third-order valence-electron chi connectivity index (χ3n) is 3.07. The number of benzene rings is 1. The number of fused-ring (bicyclic) bond motifs is 1. The average molecular weight is 334 g/mol. The smallest absolute Gasteiger partial charge is 0.400 e. The van der Waals surface area contributed by atoms with Crippen LogP contribution in [0.25, 0.3) is 0 Å². The Hall–Kier alpha value is -3.01. The molecule has 2 aromatic rings. The number of amidine groups is 1. The molecule has 0 aliphatic carbocycles. The molecule has 10 heteroatoms. The Morgan fingerprint density at radius 1 is 1.30 bits per heavy atom. The lowest BCUT2D eigenvalue weighted by Gasteiger charge is -2.11. The first kappa shape index (κ1) is 14.9. The first-order valence-electron chi connectivity index (χ1n) is 6.35. The Balaban J connectivity index is 1.88. The molecule has 1 aliphatic heterocycles. The molecule has 0 radical (unpaired) electrons. The number of rotatable bonds is 3. The summed E-state index contributed by atoms with van der Waals surface area (Å²) in [6.07, 6.45) is 1.24. The van der Waals surface area contributed by atoms with Gasteiger partial charge in [-0.15, -0.1) is 4.40 Å². The monoisotopic (exact) mass is 334 g/mol. The van der Waals surface area contributed by atoms with E-state index in [2.05, 4.69) is 9.50 Å². The zero-order chi connectivity index (χ0) is 16.6. The van der Waals surface area contributed by atoms with Crippen LogP contribution >= 0.6 is 0 Å². The number of furan rings is 1. The molecule has 2 heterocycles. The van der Waals surface area contributed by atoms with Crippen LogP contribution in [0.5, 0.6) is 0 Å². The van der Waals surface area contributed by atoms with E-state index in [1.54, 1.807) is 18.2 Å². The van der Waals surface area contributed by atoms with Gasteiger partial charge in [0.1, 0.15) is 9.82 Å². The van der Waals surface area contributed by atoms with Gasteiger partial charge in [-0.2, -0.15) is 13.5 Å². The molecule has 0 saturated carbocycles. The Bertz CT molecular complexity index is 945. The van der Waals surface area contributed by atoms with Gasteiger partial charge in [0.25, 0.3) is 10.0 Å². The van der Waals surface area contributed by atoms with Crippen molar-refractivity contribution in [1.29, 1.82) is 0 Å². The molecule has 1 aliphatic rings. The first-order valence-corrected chi connectivity index (χ1v) is 7.79. The SMILES string of the molecule is CN(/N=C/c1ccc([N+](=O)[O-])o1)C1=NS(=O)(=O)c2ccccc21. The van der Waals surface area contributed by atoms with Crippen LogP contribution < -0.4 is 0 Å². The van der Waals surface area contributed by atoms with Crippen molar-refractivity contribution in [3.05, 3.63) is 57.8 Å². The highest BCUT2D eigenvalue weighted by molar-refractivity contribution is 7.90. The molecular weight excluding hydrogens is 324 g/mol. The van der Waals surface area contributed by atoms with Crippen molar-refractivity contribution in [2.24, 2.45) is 9.50 Å². The summed E-state index contributed by atoms with van der Waals surface area (Å²) in [5.41, 5.74) is 0.442. The third kappa shape index (κ3) is 2.71. The van der Waals surface area contributed by atoms with Crippen molar-refractivity contribution in [1.82, 2.24) is 5.01 Å². The van der Waals surface area contributed by atoms with E-state index in [9.17, 15) is 18.5 Å². The van der Waals surface area contributed by atoms with Crippen LogP contribution in [-0.4, -0.2) is 37.4 Å². The lowest BCUT2D eigenvalue weighted by atomic mass is 10.2. The highest BCUT2D eigenvalue weighted by Gasteiger charge is 2.30. The summed E-state index contributed by atoms with van der Waals surface area (Å²) in [6, 6.07) is 8.99. The third-order valence-corrected chi connectivity index (χ3v) is 4.39. The fourth-order valence-electron chi connectivity index (χ4n) is 2.03. The molecule has 118 valence electrons. The molecule has 0 unspecified atom stereocenters. The van der Waals surface area contributed by atoms with Crippen molar-refractivity contribution >= 4 is 28.0 Å². The molecule has 0 spiro atoms. The average Bonchev–Trinajstić information content (AvgIpc) is 3.09. The van der Waals surface area contributed by atoms with Crippen molar-refractivity contribution in [3.63, 3.8) is 0 Å². The predicted molar refractivity (Wildman–Crippen MR) is 80.9 cm³/mol. The van der Waals surface area contributed by atoms with E-state index < -0.39 is 20.8 Å². The lowest BCUT2D eigenvalue weighted by Crippen LogP contribution is -2.21. The van der Waals surface area contributed by atoms with Crippen LogP contribution in [-0.2, 0) is 10.0 Å². The van der Waals surface area contributed by atoms with E-state index in [4.69, 9.17) is 4.42 Å². The molecule has 0 saturated heterocycles. The van der Waals surface area contributed by atoms with E-state index >= 15 is 0 Å². The van der Waals surface area contributed by atoms with E-state index in [0.717, 1.165) is 0 Å². The number of sulfonamides is 1. The Morgan fingerprint density at radius 2 is 2.04 bits per heavy atom. The maximum absolute atomic E-state index is 12.0. The zero-order valence-electron chi connectivity index (χ0n) is 11.8. The highest BCUT2D eigenvalue weighted by Crippen LogP contribution is 2.27.